The number of rotatable bonds is 8. The summed E-state index contributed by atoms with van der Waals surface area (Å²) in [5, 5.41) is 12.5. The van der Waals surface area contributed by atoms with Crippen molar-refractivity contribution in [2.45, 2.75) is 19.1 Å². The van der Waals surface area contributed by atoms with Crippen molar-refractivity contribution in [3.8, 4) is 11.5 Å². The standard InChI is InChI=1S/C13H20N2O4/c1-9(13(14)17)15-7-10(16)8-19-12-6-4-3-5-11(12)18-2/h3-6,9-10,15-16H,7-8H2,1-2H3,(H2,14,17). The number of benzene rings is 1. The number of aliphatic hydroxyl groups excluding tert-OH is 1. The van der Waals surface area contributed by atoms with E-state index in [1.807, 2.05) is 12.1 Å². The molecule has 0 saturated heterocycles. The van der Waals surface area contributed by atoms with Crippen LogP contribution in [0.3, 0.4) is 0 Å². The third-order valence-electron chi connectivity index (χ3n) is 2.59. The van der Waals surface area contributed by atoms with E-state index < -0.39 is 18.1 Å². The molecule has 0 aliphatic rings. The van der Waals surface area contributed by atoms with Crippen LogP contribution >= 0.6 is 0 Å². The van der Waals surface area contributed by atoms with Crippen molar-refractivity contribution >= 4 is 5.91 Å². The molecule has 106 valence electrons. The fraction of sp³-hybridized carbons (Fsp3) is 0.462. The van der Waals surface area contributed by atoms with Gasteiger partial charge in [0.05, 0.1) is 13.2 Å². The van der Waals surface area contributed by atoms with Crippen LogP contribution in [0, 0.1) is 0 Å². The lowest BCUT2D eigenvalue weighted by molar-refractivity contribution is -0.119. The largest absolute Gasteiger partial charge is 0.493 e. The predicted molar refractivity (Wildman–Crippen MR) is 71.2 cm³/mol. The summed E-state index contributed by atoms with van der Waals surface area (Å²) in [4.78, 5) is 10.8. The summed E-state index contributed by atoms with van der Waals surface area (Å²) in [6.07, 6.45) is -0.744. The number of primary amides is 1. The second-order valence-electron chi connectivity index (χ2n) is 4.15. The number of hydrogen-bond donors (Lipinski definition) is 3. The number of carbonyl (C=O) groups excluding carboxylic acids is 1. The fourth-order valence-corrected chi connectivity index (χ4v) is 1.40. The number of amides is 1. The van der Waals surface area contributed by atoms with Crippen LogP contribution in [0.25, 0.3) is 0 Å². The molecule has 0 aliphatic carbocycles. The fourth-order valence-electron chi connectivity index (χ4n) is 1.40. The molecule has 0 spiro atoms. The van der Waals surface area contributed by atoms with Gasteiger partial charge in [0.2, 0.25) is 5.91 Å². The Balaban J connectivity index is 2.37. The quantitative estimate of drug-likeness (QED) is 0.612. The van der Waals surface area contributed by atoms with E-state index in [2.05, 4.69) is 5.32 Å². The van der Waals surface area contributed by atoms with Crippen molar-refractivity contribution in [1.29, 1.82) is 0 Å². The van der Waals surface area contributed by atoms with Crippen LogP contribution in [0.5, 0.6) is 11.5 Å². The topological polar surface area (TPSA) is 93.8 Å². The highest BCUT2D eigenvalue weighted by Gasteiger charge is 2.12. The molecule has 1 aromatic carbocycles. The third kappa shape index (κ3) is 5.15. The van der Waals surface area contributed by atoms with Crippen molar-refractivity contribution in [3.63, 3.8) is 0 Å². The Morgan fingerprint density at radius 2 is 2.05 bits per heavy atom. The van der Waals surface area contributed by atoms with Gasteiger partial charge in [-0.3, -0.25) is 4.79 Å². The minimum atomic E-state index is -0.744. The number of methoxy groups -OCH3 is 1. The summed E-state index contributed by atoms with van der Waals surface area (Å²) < 4.78 is 10.6. The maximum absolute atomic E-state index is 10.8. The molecular formula is C13H20N2O4. The summed E-state index contributed by atoms with van der Waals surface area (Å²) in [5.74, 6) is 0.706. The first-order valence-corrected chi connectivity index (χ1v) is 6.01. The van der Waals surface area contributed by atoms with Gasteiger partial charge >= 0.3 is 0 Å². The summed E-state index contributed by atoms with van der Waals surface area (Å²) in [6, 6.07) is 6.69. The van der Waals surface area contributed by atoms with E-state index in [0.29, 0.717) is 11.5 Å². The van der Waals surface area contributed by atoms with Gasteiger partial charge in [0.15, 0.2) is 11.5 Å². The Labute approximate surface area is 112 Å². The van der Waals surface area contributed by atoms with Crippen molar-refractivity contribution in [2.24, 2.45) is 5.73 Å². The van der Waals surface area contributed by atoms with E-state index in [1.165, 1.54) is 0 Å². The Bertz CT molecular complexity index is 411. The number of nitrogens with one attached hydrogen (secondary N) is 1. The van der Waals surface area contributed by atoms with Gasteiger partial charge < -0.3 is 25.6 Å². The van der Waals surface area contributed by atoms with E-state index in [4.69, 9.17) is 15.2 Å². The first-order chi connectivity index (χ1) is 9.04. The van der Waals surface area contributed by atoms with Crippen molar-refractivity contribution in [1.82, 2.24) is 5.32 Å². The molecule has 19 heavy (non-hydrogen) atoms. The first kappa shape index (κ1) is 15.3. The van der Waals surface area contributed by atoms with Gasteiger partial charge in [-0.25, -0.2) is 0 Å². The molecule has 6 nitrogen and oxygen atoms in total. The number of hydrogen-bond acceptors (Lipinski definition) is 5. The van der Waals surface area contributed by atoms with E-state index >= 15 is 0 Å². The maximum Gasteiger partial charge on any atom is 0.234 e. The van der Waals surface area contributed by atoms with Crippen LogP contribution < -0.4 is 20.5 Å². The molecule has 1 aromatic rings. The maximum atomic E-state index is 10.8. The first-order valence-electron chi connectivity index (χ1n) is 6.01. The molecule has 1 rings (SSSR count). The van der Waals surface area contributed by atoms with Gasteiger partial charge in [-0.2, -0.15) is 0 Å². The smallest absolute Gasteiger partial charge is 0.234 e. The molecule has 4 N–H and O–H groups in total. The van der Waals surface area contributed by atoms with E-state index in [1.54, 1.807) is 26.2 Å². The number of nitrogens with two attached hydrogens (primary N) is 1. The molecule has 0 saturated carbocycles. The lowest BCUT2D eigenvalue weighted by atomic mass is 10.3. The predicted octanol–water partition coefficient (Wildman–Crippen LogP) is -0.102. The average Bonchev–Trinajstić information content (AvgIpc) is 2.42. The van der Waals surface area contributed by atoms with Gasteiger partial charge in [-0.15, -0.1) is 0 Å². The lowest BCUT2D eigenvalue weighted by Gasteiger charge is -2.16. The van der Waals surface area contributed by atoms with Crippen LogP contribution in [0.4, 0.5) is 0 Å². The molecule has 2 unspecified atom stereocenters. The number of ether oxygens (including phenoxy) is 2. The lowest BCUT2D eigenvalue weighted by Crippen LogP contribution is -2.43. The van der Waals surface area contributed by atoms with Gasteiger partial charge in [0, 0.05) is 6.54 Å². The molecule has 0 aromatic heterocycles. The molecule has 1 amide bonds. The van der Waals surface area contributed by atoms with Crippen molar-refractivity contribution in [2.75, 3.05) is 20.3 Å². The number of para-hydroxylation sites is 2. The van der Waals surface area contributed by atoms with Crippen LogP contribution in [0.15, 0.2) is 24.3 Å². The zero-order valence-electron chi connectivity index (χ0n) is 11.1. The summed E-state index contributed by atoms with van der Waals surface area (Å²) >= 11 is 0. The van der Waals surface area contributed by atoms with E-state index in [9.17, 15) is 9.90 Å². The van der Waals surface area contributed by atoms with Gasteiger partial charge in [0.25, 0.3) is 0 Å². The minimum Gasteiger partial charge on any atom is -0.493 e. The Kier molecular flexibility index (Phi) is 6.11. The van der Waals surface area contributed by atoms with Gasteiger partial charge in [-0.05, 0) is 19.1 Å². The molecule has 0 aliphatic heterocycles. The number of carbonyl (C=O) groups is 1. The van der Waals surface area contributed by atoms with Crippen molar-refractivity contribution in [3.05, 3.63) is 24.3 Å². The Morgan fingerprint density at radius 3 is 2.63 bits per heavy atom. The Hall–Kier alpha value is -1.79. The minimum absolute atomic E-state index is 0.0961. The van der Waals surface area contributed by atoms with E-state index in [-0.39, 0.29) is 13.2 Å². The average molecular weight is 268 g/mol. The number of aliphatic hydroxyl groups is 1. The molecule has 0 fully saturated rings. The molecule has 2 atom stereocenters. The molecular weight excluding hydrogens is 248 g/mol. The highest BCUT2D eigenvalue weighted by Crippen LogP contribution is 2.25. The summed E-state index contributed by atoms with van der Waals surface area (Å²) in [5.41, 5.74) is 5.09. The molecule has 0 radical (unpaired) electrons. The zero-order chi connectivity index (χ0) is 14.3. The zero-order valence-corrected chi connectivity index (χ0v) is 11.1. The van der Waals surface area contributed by atoms with Crippen molar-refractivity contribution < 1.29 is 19.4 Å². The second kappa shape index (κ2) is 7.60. The summed E-state index contributed by atoms with van der Waals surface area (Å²) in [7, 11) is 1.55. The molecule has 6 heteroatoms. The van der Waals surface area contributed by atoms with Crippen LogP contribution in [-0.4, -0.2) is 43.4 Å². The third-order valence-corrected chi connectivity index (χ3v) is 2.59. The second-order valence-corrected chi connectivity index (χ2v) is 4.15. The van der Waals surface area contributed by atoms with Gasteiger partial charge in [0.1, 0.15) is 12.7 Å². The SMILES string of the molecule is COc1ccccc1OCC(O)CNC(C)C(N)=O. The summed E-state index contributed by atoms with van der Waals surface area (Å²) in [6.45, 7) is 1.95. The molecule has 0 heterocycles. The highest BCUT2D eigenvalue weighted by atomic mass is 16.5. The van der Waals surface area contributed by atoms with Gasteiger partial charge in [-0.1, -0.05) is 12.1 Å². The normalized spacial score (nSPS) is 13.6. The van der Waals surface area contributed by atoms with E-state index in [0.717, 1.165) is 0 Å². The molecule has 0 bridgehead atoms. The van der Waals surface area contributed by atoms with Crippen LogP contribution in [0.2, 0.25) is 0 Å². The Morgan fingerprint density at radius 1 is 1.42 bits per heavy atom. The highest BCUT2D eigenvalue weighted by molar-refractivity contribution is 5.79. The van der Waals surface area contributed by atoms with Crippen LogP contribution in [-0.2, 0) is 4.79 Å². The monoisotopic (exact) mass is 268 g/mol. The van der Waals surface area contributed by atoms with Crippen LogP contribution in [0.1, 0.15) is 6.92 Å².